The number of hydrogen-bond donors (Lipinski definition) is 2. The number of carbonyl (C=O) groups excluding carboxylic acids is 2. The van der Waals surface area contributed by atoms with Gasteiger partial charge in [-0.25, -0.2) is 9.18 Å². The van der Waals surface area contributed by atoms with Crippen LogP contribution in [0.5, 0.6) is 0 Å². The molecule has 3 rings (SSSR count). The van der Waals surface area contributed by atoms with E-state index in [1.807, 2.05) is 11.0 Å². The van der Waals surface area contributed by atoms with Gasteiger partial charge in [-0.2, -0.15) is 0 Å². The second-order valence-electron chi connectivity index (χ2n) is 7.64. The molecule has 2 aromatic rings. The fourth-order valence-corrected chi connectivity index (χ4v) is 3.96. The molecule has 6 heteroatoms. The van der Waals surface area contributed by atoms with Gasteiger partial charge < -0.3 is 16.0 Å². The summed E-state index contributed by atoms with van der Waals surface area (Å²) in [6.07, 6.45) is 4.10. The number of aryl methyl sites for hydroxylation is 1. The molecule has 0 spiro atoms. The molecular formula is C23H28FN3O2. The van der Waals surface area contributed by atoms with Gasteiger partial charge in [0.2, 0.25) is 5.91 Å². The van der Waals surface area contributed by atoms with Gasteiger partial charge in [0.25, 0.3) is 0 Å². The lowest BCUT2D eigenvalue weighted by atomic mass is 9.90. The van der Waals surface area contributed by atoms with Crippen LogP contribution in [-0.2, 0) is 11.2 Å². The summed E-state index contributed by atoms with van der Waals surface area (Å²) < 4.78 is 14.1. The van der Waals surface area contributed by atoms with Gasteiger partial charge in [0.05, 0.1) is 12.5 Å². The number of carbonyl (C=O) groups is 2. The maximum Gasteiger partial charge on any atom is 0.312 e. The summed E-state index contributed by atoms with van der Waals surface area (Å²) >= 11 is 0. The van der Waals surface area contributed by atoms with Gasteiger partial charge in [0.1, 0.15) is 5.82 Å². The van der Waals surface area contributed by atoms with Crippen molar-refractivity contribution in [2.45, 2.75) is 38.1 Å². The molecule has 1 aliphatic rings. The van der Waals surface area contributed by atoms with Gasteiger partial charge in [-0.05, 0) is 43.2 Å². The molecule has 0 aliphatic carbocycles. The van der Waals surface area contributed by atoms with E-state index < -0.39 is 17.9 Å². The molecule has 3 amide bonds. The fourth-order valence-electron chi connectivity index (χ4n) is 3.96. The number of rotatable bonds is 7. The van der Waals surface area contributed by atoms with Crippen LogP contribution in [0.1, 0.15) is 42.9 Å². The quantitative estimate of drug-likeness (QED) is 0.746. The largest absolute Gasteiger partial charge is 0.352 e. The number of nitrogens with zero attached hydrogens (tertiary/aromatic N) is 1. The second kappa shape index (κ2) is 10.0. The van der Waals surface area contributed by atoms with Crippen LogP contribution in [0.2, 0.25) is 0 Å². The van der Waals surface area contributed by atoms with Crippen molar-refractivity contribution in [1.29, 1.82) is 0 Å². The van der Waals surface area contributed by atoms with Crippen LogP contribution in [0.3, 0.4) is 0 Å². The number of nitrogens with two attached hydrogens (primary N) is 1. The zero-order chi connectivity index (χ0) is 20.6. The molecule has 2 aromatic carbocycles. The first kappa shape index (κ1) is 20.8. The van der Waals surface area contributed by atoms with E-state index in [2.05, 4.69) is 29.6 Å². The zero-order valence-electron chi connectivity index (χ0n) is 16.5. The number of halogens is 1. The number of likely N-dealkylation sites (tertiary alicyclic amines) is 1. The highest BCUT2D eigenvalue weighted by molar-refractivity contribution is 5.79. The van der Waals surface area contributed by atoms with E-state index in [0.717, 1.165) is 25.7 Å². The first-order valence-electron chi connectivity index (χ1n) is 10.1. The first-order valence-corrected chi connectivity index (χ1v) is 10.1. The number of benzene rings is 2. The van der Waals surface area contributed by atoms with E-state index in [1.165, 1.54) is 11.6 Å². The van der Waals surface area contributed by atoms with Crippen molar-refractivity contribution in [3.63, 3.8) is 0 Å². The SMILES string of the molecule is NC(=O)N[C@H](CC(=O)N1CCC(CCc2ccccc2)CC1)c1ccccc1F. The molecule has 0 saturated carbocycles. The average Bonchev–Trinajstić information content (AvgIpc) is 2.73. The minimum Gasteiger partial charge on any atom is -0.352 e. The number of piperidine rings is 1. The van der Waals surface area contributed by atoms with Crippen molar-refractivity contribution < 1.29 is 14.0 Å². The van der Waals surface area contributed by atoms with E-state index in [-0.39, 0.29) is 17.9 Å². The Kier molecular flexibility index (Phi) is 7.22. The molecule has 3 N–H and O–H groups in total. The fraction of sp³-hybridized carbons (Fsp3) is 0.391. The summed E-state index contributed by atoms with van der Waals surface area (Å²) in [6, 6.07) is 15.0. The highest BCUT2D eigenvalue weighted by Gasteiger charge is 2.26. The average molecular weight is 397 g/mol. The Labute approximate surface area is 171 Å². The Balaban J connectivity index is 1.52. The summed E-state index contributed by atoms with van der Waals surface area (Å²) in [7, 11) is 0. The molecule has 0 aromatic heterocycles. The highest BCUT2D eigenvalue weighted by atomic mass is 19.1. The monoisotopic (exact) mass is 397 g/mol. The number of amides is 3. The van der Waals surface area contributed by atoms with Crippen LogP contribution in [0, 0.1) is 11.7 Å². The van der Waals surface area contributed by atoms with Gasteiger partial charge in [0.15, 0.2) is 0 Å². The molecule has 29 heavy (non-hydrogen) atoms. The second-order valence-corrected chi connectivity index (χ2v) is 7.64. The van der Waals surface area contributed by atoms with Crippen molar-refractivity contribution in [3.8, 4) is 0 Å². The molecule has 1 aliphatic heterocycles. The molecule has 0 bridgehead atoms. The van der Waals surface area contributed by atoms with Gasteiger partial charge in [-0.1, -0.05) is 48.5 Å². The van der Waals surface area contributed by atoms with Crippen molar-refractivity contribution in [1.82, 2.24) is 10.2 Å². The van der Waals surface area contributed by atoms with E-state index >= 15 is 0 Å². The van der Waals surface area contributed by atoms with Crippen molar-refractivity contribution >= 4 is 11.9 Å². The lowest BCUT2D eigenvalue weighted by molar-refractivity contribution is -0.133. The Morgan fingerprint density at radius 1 is 1.07 bits per heavy atom. The van der Waals surface area contributed by atoms with Gasteiger partial charge in [-0.3, -0.25) is 4.79 Å². The number of urea groups is 1. The smallest absolute Gasteiger partial charge is 0.312 e. The number of primary amides is 1. The molecule has 5 nitrogen and oxygen atoms in total. The highest BCUT2D eigenvalue weighted by Crippen LogP contribution is 2.25. The summed E-state index contributed by atoms with van der Waals surface area (Å²) in [5, 5.41) is 2.51. The van der Waals surface area contributed by atoms with Crippen LogP contribution < -0.4 is 11.1 Å². The summed E-state index contributed by atoms with van der Waals surface area (Å²) in [5.41, 5.74) is 6.86. The van der Waals surface area contributed by atoms with Crippen LogP contribution in [0.15, 0.2) is 54.6 Å². The molecular weight excluding hydrogens is 369 g/mol. The standard InChI is InChI=1S/C23H28FN3O2/c24-20-9-5-4-8-19(20)21(26-23(25)29)16-22(28)27-14-12-18(13-15-27)11-10-17-6-2-1-3-7-17/h1-9,18,21H,10-16H2,(H3,25,26,29)/t21-/m1/s1. The number of nitrogens with one attached hydrogen (secondary N) is 1. The first-order chi connectivity index (χ1) is 14.0. The molecule has 1 fully saturated rings. The third-order valence-electron chi connectivity index (χ3n) is 5.63. The Bertz CT molecular complexity index is 820. The summed E-state index contributed by atoms with van der Waals surface area (Å²) in [4.78, 5) is 25.9. The zero-order valence-corrected chi connectivity index (χ0v) is 16.5. The summed E-state index contributed by atoms with van der Waals surface area (Å²) in [5.74, 6) is 0.0533. The van der Waals surface area contributed by atoms with Gasteiger partial charge in [0, 0.05) is 18.7 Å². The third-order valence-corrected chi connectivity index (χ3v) is 5.63. The van der Waals surface area contributed by atoms with Crippen molar-refractivity contribution in [2.75, 3.05) is 13.1 Å². The molecule has 0 radical (unpaired) electrons. The van der Waals surface area contributed by atoms with E-state index in [9.17, 15) is 14.0 Å². The van der Waals surface area contributed by atoms with Crippen LogP contribution in [0.4, 0.5) is 9.18 Å². The maximum absolute atomic E-state index is 14.1. The van der Waals surface area contributed by atoms with E-state index in [4.69, 9.17) is 5.73 Å². The minimum atomic E-state index is -0.773. The van der Waals surface area contributed by atoms with Gasteiger partial charge >= 0.3 is 6.03 Å². The van der Waals surface area contributed by atoms with Crippen molar-refractivity contribution in [3.05, 3.63) is 71.5 Å². The lowest BCUT2D eigenvalue weighted by Gasteiger charge is -2.33. The topological polar surface area (TPSA) is 75.4 Å². The lowest BCUT2D eigenvalue weighted by Crippen LogP contribution is -2.42. The van der Waals surface area contributed by atoms with Crippen molar-refractivity contribution in [2.24, 2.45) is 11.7 Å². The molecule has 1 atom stereocenters. The molecule has 154 valence electrons. The van der Waals surface area contributed by atoms with Gasteiger partial charge in [-0.15, -0.1) is 0 Å². The van der Waals surface area contributed by atoms with Crippen LogP contribution in [0.25, 0.3) is 0 Å². The normalized spacial score (nSPS) is 15.7. The number of hydrogen-bond acceptors (Lipinski definition) is 2. The van der Waals surface area contributed by atoms with Crippen LogP contribution >= 0.6 is 0 Å². The Morgan fingerprint density at radius 3 is 2.38 bits per heavy atom. The van der Waals surface area contributed by atoms with Crippen LogP contribution in [-0.4, -0.2) is 29.9 Å². The van der Waals surface area contributed by atoms with E-state index in [0.29, 0.717) is 19.0 Å². The maximum atomic E-state index is 14.1. The molecule has 0 unspecified atom stereocenters. The Morgan fingerprint density at radius 2 is 1.72 bits per heavy atom. The predicted octanol–water partition coefficient (Wildman–Crippen LogP) is 3.80. The third kappa shape index (κ3) is 6.04. The Hall–Kier alpha value is -2.89. The summed E-state index contributed by atoms with van der Waals surface area (Å²) in [6.45, 7) is 1.39. The predicted molar refractivity (Wildman–Crippen MR) is 111 cm³/mol. The minimum absolute atomic E-state index is 0.00143. The molecule has 1 heterocycles. The van der Waals surface area contributed by atoms with E-state index in [1.54, 1.807) is 18.2 Å². The molecule has 1 saturated heterocycles.